The summed E-state index contributed by atoms with van der Waals surface area (Å²) in [5.41, 5.74) is 0.897. The Bertz CT molecular complexity index is 331. The molecule has 0 aliphatic carbocycles. The fourth-order valence-corrected chi connectivity index (χ4v) is 1.30. The van der Waals surface area contributed by atoms with Gasteiger partial charge in [0.1, 0.15) is 0 Å². The fraction of sp³-hybridized carbons (Fsp3) is 0.250. The maximum Gasteiger partial charge on any atom is 0.309 e. The van der Waals surface area contributed by atoms with Gasteiger partial charge in [-0.3, -0.25) is 9.59 Å². The molecule has 1 atom stereocenters. The number of hydrogen-bond acceptors (Lipinski definition) is 2. The van der Waals surface area contributed by atoms with E-state index >= 15 is 0 Å². The van der Waals surface area contributed by atoms with E-state index in [0.29, 0.717) is 6.54 Å². The molecule has 0 spiro atoms. The van der Waals surface area contributed by atoms with Crippen LogP contribution in [0.4, 0.5) is 0 Å². The van der Waals surface area contributed by atoms with Gasteiger partial charge in [0.05, 0.1) is 6.04 Å². The summed E-state index contributed by atoms with van der Waals surface area (Å²) in [4.78, 5) is 24.7. The lowest BCUT2D eigenvalue weighted by molar-refractivity contribution is -0.141. The van der Waals surface area contributed by atoms with Gasteiger partial charge in [0.2, 0.25) is 0 Å². The number of amides is 2. The molecule has 5 heteroatoms. The second-order valence-corrected chi connectivity index (χ2v) is 2.86. The number of carbonyl (C=O) groups is 2. The first-order valence-corrected chi connectivity index (χ1v) is 3.99. The van der Waals surface area contributed by atoms with Gasteiger partial charge in [-0.1, -0.05) is 0 Å². The normalized spacial score (nSPS) is 22.3. The van der Waals surface area contributed by atoms with Gasteiger partial charge >= 0.3 is 11.8 Å². The first kappa shape index (κ1) is 7.85. The predicted molar refractivity (Wildman–Crippen MR) is 44.7 cm³/mol. The molecule has 1 aromatic rings. The zero-order valence-electron chi connectivity index (χ0n) is 6.83. The maximum atomic E-state index is 11.0. The van der Waals surface area contributed by atoms with Crippen LogP contribution in [0.2, 0.25) is 0 Å². The lowest BCUT2D eigenvalue weighted by Crippen LogP contribution is -2.51. The van der Waals surface area contributed by atoms with E-state index in [1.54, 1.807) is 6.20 Å². The Kier molecular flexibility index (Phi) is 1.77. The van der Waals surface area contributed by atoms with Gasteiger partial charge in [-0.2, -0.15) is 0 Å². The van der Waals surface area contributed by atoms with Crippen molar-refractivity contribution >= 4 is 11.8 Å². The van der Waals surface area contributed by atoms with Crippen LogP contribution in [0.1, 0.15) is 11.7 Å². The Labute approximate surface area is 74.5 Å². The molecule has 1 aliphatic heterocycles. The molecule has 1 saturated heterocycles. The van der Waals surface area contributed by atoms with Gasteiger partial charge in [-0.15, -0.1) is 0 Å². The second kappa shape index (κ2) is 2.93. The zero-order chi connectivity index (χ0) is 9.26. The highest BCUT2D eigenvalue weighted by atomic mass is 16.2. The van der Waals surface area contributed by atoms with E-state index in [9.17, 15) is 9.59 Å². The molecule has 2 rings (SSSR count). The molecule has 1 fully saturated rings. The molecular weight excluding hydrogens is 170 g/mol. The third kappa shape index (κ3) is 1.40. The monoisotopic (exact) mass is 179 g/mol. The molecule has 1 aromatic heterocycles. The Hall–Kier alpha value is -1.78. The van der Waals surface area contributed by atoms with Crippen LogP contribution in [0, 0.1) is 0 Å². The van der Waals surface area contributed by atoms with E-state index in [4.69, 9.17) is 0 Å². The summed E-state index contributed by atoms with van der Waals surface area (Å²) in [5.74, 6) is -1.14. The smallest absolute Gasteiger partial charge is 0.309 e. The van der Waals surface area contributed by atoms with Crippen LogP contribution in [-0.2, 0) is 9.59 Å². The minimum absolute atomic E-state index is 0.139. The van der Waals surface area contributed by atoms with Crippen molar-refractivity contribution in [3.8, 4) is 0 Å². The van der Waals surface area contributed by atoms with Crippen LogP contribution < -0.4 is 10.6 Å². The molecule has 2 amide bonds. The SMILES string of the molecule is O=C1NCC(c2ccc[nH]2)NC1=O. The third-order valence-corrected chi connectivity index (χ3v) is 1.98. The van der Waals surface area contributed by atoms with Gasteiger partial charge in [0.25, 0.3) is 0 Å². The van der Waals surface area contributed by atoms with Crippen molar-refractivity contribution in [2.75, 3.05) is 6.54 Å². The van der Waals surface area contributed by atoms with Gasteiger partial charge in [-0.25, -0.2) is 0 Å². The summed E-state index contributed by atoms with van der Waals surface area (Å²) < 4.78 is 0. The number of carbonyl (C=O) groups excluding carboxylic acids is 2. The summed E-state index contributed by atoms with van der Waals surface area (Å²) in [6, 6.07) is 3.57. The molecule has 1 unspecified atom stereocenters. The Balaban J connectivity index is 2.12. The largest absolute Gasteiger partial charge is 0.363 e. The summed E-state index contributed by atoms with van der Waals surface area (Å²) >= 11 is 0. The molecule has 0 aromatic carbocycles. The van der Waals surface area contributed by atoms with Crippen molar-refractivity contribution in [3.63, 3.8) is 0 Å². The molecule has 68 valence electrons. The van der Waals surface area contributed by atoms with Crippen LogP contribution in [0.15, 0.2) is 18.3 Å². The molecule has 5 nitrogen and oxygen atoms in total. The second-order valence-electron chi connectivity index (χ2n) is 2.86. The average Bonchev–Trinajstić information content (AvgIpc) is 2.62. The molecule has 1 aliphatic rings. The minimum atomic E-state index is -0.578. The van der Waals surface area contributed by atoms with E-state index in [-0.39, 0.29) is 6.04 Å². The number of nitrogens with one attached hydrogen (secondary N) is 3. The Morgan fingerprint density at radius 3 is 2.77 bits per heavy atom. The lowest BCUT2D eigenvalue weighted by atomic mass is 10.1. The number of rotatable bonds is 1. The van der Waals surface area contributed by atoms with Crippen molar-refractivity contribution < 1.29 is 9.59 Å². The van der Waals surface area contributed by atoms with E-state index < -0.39 is 11.8 Å². The number of aromatic nitrogens is 1. The van der Waals surface area contributed by atoms with Crippen molar-refractivity contribution in [2.45, 2.75) is 6.04 Å². The summed E-state index contributed by atoms with van der Waals surface area (Å²) in [7, 11) is 0. The topological polar surface area (TPSA) is 74.0 Å². The van der Waals surface area contributed by atoms with Crippen LogP contribution in [0.3, 0.4) is 0 Å². The van der Waals surface area contributed by atoms with Crippen molar-refractivity contribution in [1.82, 2.24) is 15.6 Å². The first-order chi connectivity index (χ1) is 6.27. The highest BCUT2D eigenvalue weighted by Crippen LogP contribution is 2.10. The molecule has 0 saturated carbocycles. The lowest BCUT2D eigenvalue weighted by Gasteiger charge is -2.22. The van der Waals surface area contributed by atoms with Crippen LogP contribution in [0.25, 0.3) is 0 Å². The highest BCUT2D eigenvalue weighted by molar-refractivity contribution is 6.35. The molecule has 0 bridgehead atoms. The molecule has 3 N–H and O–H groups in total. The van der Waals surface area contributed by atoms with E-state index in [0.717, 1.165) is 5.69 Å². The van der Waals surface area contributed by atoms with Crippen LogP contribution in [-0.4, -0.2) is 23.3 Å². The Morgan fingerprint density at radius 1 is 1.31 bits per heavy atom. The zero-order valence-corrected chi connectivity index (χ0v) is 6.83. The summed E-state index contributed by atoms with van der Waals surface area (Å²) in [6.45, 7) is 0.436. The highest BCUT2D eigenvalue weighted by Gasteiger charge is 2.25. The van der Waals surface area contributed by atoms with E-state index in [2.05, 4.69) is 15.6 Å². The van der Waals surface area contributed by atoms with E-state index in [1.807, 2.05) is 12.1 Å². The third-order valence-electron chi connectivity index (χ3n) is 1.98. The van der Waals surface area contributed by atoms with Crippen molar-refractivity contribution in [1.29, 1.82) is 0 Å². The molecule has 13 heavy (non-hydrogen) atoms. The summed E-state index contributed by atoms with van der Waals surface area (Å²) in [6.07, 6.45) is 1.78. The quantitative estimate of drug-likeness (QED) is 0.499. The number of hydrogen-bond donors (Lipinski definition) is 3. The molecule has 0 radical (unpaired) electrons. The van der Waals surface area contributed by atoms with Crippen LogP contribution >= 0.6 is 0 Å². The van der Waals surface area contributed by atoms with Crippen molar-refractivity contribution in [3.05, 3.63) is 24.0 Å². The minimum Gasteiger partial charge on any atom is -0.363 e. The first-order valence-electron chi connectivity index (χ1n) is 3.99. The predicted octanol–water partition coefficient (Wildman–Crippen LogP) is -0.698. The van der Waals surface area contributed by atoms with Crippen molar-refractivity contribution in [2.24, 2.45) is 0 Å². The van der Waals surface area contributed by atoms with Gasteiger partial charge in [0.15, 0.2) is 0 Å². The maximum absolute atomic E-state index is 11.0. The molecule has 2 heterocycles. The standard InChI is InChI=1S/C8H9N3O2/c12-7-8(13)11-6(4-10-7)5-2-1-3-9-5/h1-3,6,9H,4H2,(H,10,12)(H,11,13). The van der Waals surface area contributed by atoms with Crippen LogP contribution in [0.5, 0.6) is 0 Å². The Morgan fingerprint density at radius 2 is 2.15 bits per heavy atom. The molecular formula is C8H9N3O2. The van der Waals surface area contributed by atoms with Gasteiger partial charge in [0, 0.05) is 18.4 Å². The van der Waals surface area contributed by atoms with Gasteiger partial charge in [-0.05, 0) is 12.1 Å². The fourth-order valence-electron chi connectivity index (χ4n) is 1.30. The van der Waals surface area contributed by atoms with Gasteiger partial charge < -0.3 is 15.6 Å². The van der Waals surface area contributed by atoms with E-state index in [1.165, 1.54) is 0 Å². The summed E-state index contributed by atoms with van der Waals surface area (Å²) in [5, 5.41) is 5.09. The number of H-pyrrole nitrogens is 1. The average molecular weight is 179 g/mol. The number of aromatic amines is 1. The number of piperazine rings is 1.